The molecule has 0 saturated heterocycles. The molecule has 0 aliphatic heterocycles. The third-order valence-electron chi connectivity index (χ3n) is 6.63. The zero-order chi connectivity index (χ0) is 22.2. The van der Waals surface area contributed by atoms with Crippen molar-refractivity contribution >= 4 is 0 Å². The van der Waals surface area contributed by atoms with E-state index in [0.717, 1.165) is 18.8 Å². The van der Waals surface area contributed by atoms with Crippen LogP contribution in [0.2, 0.25) is 0 Å². The minimum absolute atomic E-state index is 0.163. The number of rotatable bonds is 10. The van der Waals surface area contributed by atoms with Crippen LogP contribution in [0.3, 0.4) is 0 Å². The molecule has 2 aromatic carbocycles. The van der Waals surface area contributed by atoms with Crippen molar-refractivity contribution in [3.63, 3.8) is 0 Å². The van der Waals surface area contributed by atoms with Crippen molar-refractivity contribution in [3.05, 3.63) is 95.6 Å². The molecule has 0 amide bonds. The van der Waals surface area contributed by atoms with E-state index < -0.39 is 6.10 Å². The number of aliphatic hydroxyl groups excluding tert-OH is 1. The molecule has 0 radical (unpaired) electrons. The molecule has 3 nitrogen and oxygen atoms in total. The van der Waals surface area contributed by atoms with E-state index in [1.807, 2.05) is 42.6 Å². The number of halogens is 1. The van der Waals surface area contributed by atoms with Crippen molar-refractivity contribution in [1.29, 1.82) is 0 Å². The Morgan fingerprint density at radius 1 is 0.938 bits per heavy atom. The van der Waals surface area contributed by atoms with Crippen LogP contribution < -0.4 is 0 Å². The molecule has 1 aromatic heterocycles. The van der Waals surface area contributed by atoms with Crippen molar-refractivity contribution in [2.24, 2.45) is 5.92 Å². The fraction of sp³-hybridized carbons (Fsp3) is 0.429. The van der Waals surface area contributed by atoms with E-state index in [9.17, 15) is 9.50 Å². The number of aromatic nitrogens is 1. The van der Waals surface area contributed by atoms with Crippen LogP contribution in [0.1, 0.15) is 48.9 Å². The van der Waals surface area contributed by atoms with Gasteiger partial charge in [-0.25, -0.2) is 4.39 Å². The van der Waals surface area contributed by atoms with Gasteiger partial charge in [0.15, 0.2) is 0 Å². The van der Waals surface area contributed by atoms with Crippen molar-refractivity contribution in [2.75, 3.05) is 13.1 Å². The van der Waals surface area contributed by atoms with Gasteiger partial charge in [0.05, 0.1) is 12.6 Å². The third kappa shape index (κ3) is 6.54. The Hall–Kier alpha value is -2.43. The van der Waals surface area contributed by atoms with Gasteiger partial charge in [-0.3, -0.25) is 4.90 Å². The van der Waals surface area contributed by atoms with Gasteiger partial charge in [-0.2, -0.15) is 0 Å². The molecule has 1 aliphatic carbocycles. The molecule has 1 atom stereocenters. The van der Waals surface area contributed by atoms with Crippen LogP contribution in [0, 0.1) is 11.7 Å². The maximum Gasteiger partial charge on any atom is 0.128 e. The molecule has 1 fully saturated rings. The number of nitrogens with zero attached hydrogens (tertiary/aromatic N) is 2. The number of aliphatic hydroxyl groups is 1. The molecule has 4 heteroatoms. The quantitative estimate of drug-likeness (QED) is 0.446. The number of hydrogen-bond acceptors (Lipinski definition) is 2. The summed E-state index contributed by atoms with van der Waals surface area (Å²) in [5.41, 5.74) is 3.03. The van der Waals surface area contributed by atoms with Crippen LogP contribution in [0.4, 0.5) is 4.39 Å². The highest BCUT2D eigenvalue weighted by Crippen LogP contribution is 2.25. The van der Waals surface area contributed by atoms with Crippen molar-refractivity contribution in [2.45, 2.75) is 57.7 Å². The van der Waals surface area contributed by atoms with Gasteiger partial charge in [0.25, 0.3) is 0 Å². The molecule has 32 heavy (non-hydrogen) atoms. The van der Waals surface area contributed by atoms with Crippen LogP contribution in [-0.4, -0.2) is 33.8 Å². The average molecular weight is 435 g/mol. The molecular formula is C28H35FN2O. The first-order valence-electron chi connectivity index (χ1n) is 12.0. The largest absolute Gasteiger partial charge is 0.391 e. The topological polar surface area (TPSA) is 28.4 Å². The highest BCUT2D eigenvalue weighted by Gasteiger charge is 2.21. The van der Waals surface area contributed by atoms with Crippen molar-refractivity contribution < 1.29 is 9.50 Å². The van der Waals surface area contributed by atoms with E-state index in [1.54, 1.807) is 6.07 Å². The SMILES string of the molecule is O[C@@H](Cc1ccccc1)CN(Cc1cccn1Cc1ccccc1F)CC1CCCCC1. The van der Waals surface area contributed by atoms with Gasteiger partial charge in [0.1, 0.15) is 5.82 Å². The molecule has 4 rings (SSSR count). The van der Waals surface area contributed by atoms with Gasteiger partial charge in [-0.1, -0.05) is 67.8 Å². The van der Waals surface area contributed by atoms with E-state index >= 15 is 0 Å². The summed E-state index contributed by atoms with van der Waals surface area (Å²) in [6.45, 7) is 2.95. The summed E-state index contributed by atoms with van der Waals surface area (Å²) in [5.74, 6) is 0.534. The van der Waals surface area contributed by atoms with Crippen molar-refractivity contribution in [3.8, 4) is 0 Å². The Labute approximate surface area is 191 Å². The van der Waals surface area contributed by atoms with Gasteiger partial charge in [0, 0.05) is 37.1 Å². The highest BCUT2D eigenvalue weighted by molar-refractivity contribution is 5.20. The Morgan fingerprint density at radius 2 is 1.69 bits per heavy atom. The van der Waals surface area contributed by atoms with Crippen molar-refractivity contribution in [1.82, 2.24) is 9.47 Å². The lowest BCUT2D eigenvalue weighted by Crippen LogP contribution is -2.37. The van der Waals surface area contributed by atoms with Crippen LogP contribution in [0.15, 0.2) is 72.9 Å². The molecule has 1 heterocycles. The standard InChI is InChI=1S/C28H35FN2O/c29-28-16-8-7-14-25(28)20-31-17-9-15-26(31)21-30(19-24-12-5-2-6-13-24)22-27(32)18-23-10-3-1-4-11-23/h1,3-4,7-11,14-17,24,27,32H,2,5-6,12-13,18-22H2/t27-/m0/s1. The minimum Gasteiger partial charge on any atom is -0.391 e. The molecule has 0 unspecified atom stereocenters. The molecular weight excluding hydrogens is 399 g/mol. The maximum absolute atomic E-state index is 14.2. The molecule has 170 valence electrons. The fourth-order valence-corrected chi connectivity index (χ4v) is 4.97. The summed E-state index contributed by atoms with van der Waals surface area (Å²) in [6.07, 6.45) is 8.82. The average Bonchev–Trinajstić information content (AvgIpc) is 3.23. The summed E-state index contributed by atoms with van der Waals surface area (Å²) in [4.78, 5) is 2.41. The van der Waals surface area contributed by atoms with E-state index in [0.29, 0.717) is 31.0 Å². The van der Waals surface area contributed by atoms with Gasteiger partial charge in [0.2, 0.25) is 0 Å². The Bertz CT molecular complexity index is 949. The Balaban J connectivity index is 1.45. The molecule has 0 spiro atoms. The Kier molecular flexibility index (Phi) is 8.13. The monoisotopic (exact) mass is 434 g/mol. The molecule has 0 bridgehead atoms. The lowest BCUT2D eigenvalue weighted by atomic mass is 9.89. The molecule has 1 N–H and O–H groups in total. The van der Waals surface area contributed by atoms with Crippen LogP contribution in [-0.2, 0) is 19.5 Å². The summed E-state index contributed by atoms with van der Waals surface area (Å²) >= 11 is 0. The van der Waals surface area contributed by atoms with Crippen LogP contribution in [0.25, 0.3) is 0 Å². The van der Waals surface area contributed by atoms with E-state index in [-0.39, 0.29) is 5.82 Å². The normalized spacial score (nSPS) is 15.8. The zero-order valence-electron chi connectivity index (χ0n) is 18.9. The summed E-state index contributed by atoms with van der Waals surface area (Å²) < 4.78 is 16.3. The van der Waals surface area contributed by atoms with Gasteiger partial charge in [-0.15, -0.1) is 0 Å². The predicted octanol–water partition coefficient (Wildman–Crippen LogP) is 5.66. The molecule has 1 saturated carbocycles. The highest BCUT2D eigenvalue weighted by atomic mass is 19.1. The smallest absolute Gasteiger partial charge is 0.128 e. The summed E-state index contributed by atoms with van der Waals surface area (Å²) in [6, 6.07) is 21.4. The predicted molar refractivity (Wildman–Crippen MR) is 128 cm³/mol. The van der Waals surface area contributed by atoms with E-state index in [2.05, 4.69) is 27.7 Å². The van der Waals surface area contributed by atoms with E-state index in [4.69, 9.17) is 0 Å². The minimum atomic E-state index is -0.407. The number of benzene rings is 2. The van der Waals surface area contributed by atoms with E-state index in [1.165, 1.54) is 43.7 Å². The van der Waals surface area contributed by atoms with Gasteiger partial charge in [-0.05, 0) is 48.9 Å². The van der Waals surface area contributed by atoms with Crippen LogP contribution in [0.5, 0.6) is 0 Å². The van der Waals surface area contributed by atoms with Crippen LogP contribution >= 0.6 is 0 Å². The Morgan fingerprint density at radius 3 is 2.47 bits per heavy atom. The lowest BCUT2D eigenvalue weighted by molar-refractivity contribution is 0.0915. The maximum atomic E-state index is 14.2. The first-order valence-corrected chi connectivity index (χ1v) is 12.0. The second kappa shape index (κ2) is 11.4. The summed E-state index contributed by atoms with van der Waals surface area (Å²) in [7, 11) is 0. The number of hydrogen-bond donors (Lipinski definition) is 1. The second-order valence-corrected chi connectivity index (χ2v) is 9.26. The first-order chi connectivity index (χ1) is 15.7. The lowest BCUT2D eigenvalue weighted by Gasteiger charge is -2.31. The third-order valence-corrected chi connectivity index (χ3v) is 6.63. The molecule has 3 aromatic rings. The zero-order valence-corrected chi connectivity index (χ0v) is 18.9. The summed E-state index contributed by atoms with van der Waals surface area (Å²) in [5, 5.41) is 10.9. The second-order valence-electron chi connectivity index (χ2n) is 9.26. The molecule has 1 aliphatic rings. The fourth-order valence-electron chi connectivity index (χ4n) is 4.97. The first kappa shape index (κ1) is 22.8. The van der Waals surface area contributed by atoms with Gasteiger partial charge >= 0.3 is 0 Å². The van der Waals surface area contributed by atoms with Gasteiger partial charge < -0.3 is 9.67 Å².